The van der Waals surface area contributed by atoms with E-state index in [9.17, 15) is 0 Å². The van der Waals surface area contributed by atoms with Gasteiger partial charge in [-0.3, -0.25) is 0 Å². The van der Waals surface area contributed by atoms with Crippen LogP contribution >= 0.6 is 11.6 Å². The van der Waals surface area contributed by atoms with Gasteiger partial charge in [-0.2, -0.15) is 0 Å². The maximum Gasteiger partial charge on any atom is 0.213 e. The third-order valence-electron chi connectivity index (χ3n) is 1.46. The van der Waals surface area contributed by atoms with Crippen molar-refractivity contribution in [2.24, 2.45) is 0 Å². The average molecular weight is 199 g/mol. The van der Waals surface area contributed by atoms with Crippen LogP contribution in [-0.4, -0.2) is 18.6 Å². The van der Waals surface area contributed by atoms with Crippen molar-refractivity contribution in [1.29, 1.82) is 0 Å². The monoisotopic (exact) mass is 198 g/mol. The highest BCUT2D eigenvalue weighted by Crippen LogP contribution is 2.10. The molecule has 1 rings (SSSR count). The lowest BCUT2D eigenvalue weighted by molar-refractivity contribution is 0.398. The number of halogens is 1. The fourth-order valence-corrected chi connectivity index (χ4v) is 0.916. The Morgan fingerprint density at radius 3 is 3.00 bits per heavy atom. The van der Waals surface area contributed by atoms with Gasteiger partial charge < -0.3 is 10.1 Å². The van der Waals surface area contributed by atoms with Gasteiger partial charge in [0.25, 0.3) is 0 Å². The van der Waals surface area contributed by atoms with Gasteiger partial charge in [0.05, 0.1) is 19.0 Å². The van der Waals surface area contributed by atoms with Gasteiger partial charge in [-0.15, -0.1) is 0 Å². The molecule has 0 unspecified atom stereocenters. The van der Waals surface area contributed by atoms with Crippen LogP contribution < -0.4 is 10.1 Å². The van der Waals surface area contributed by atoms with E-state index in [1.54, 1.807) is 19.4 Å². The number of rotatable bonds is 4. The first kappa shape index (κ1) is 9.86. The zero-order valence-electron chi connectivity index (χ0n) is 7.33. The van der Waals surface area contributed by atoms with Crippen molar-refractivity contribution in [3.05, 3.63) is 29.9 Å². The molecule has 0 spiro atoms. The summed E-state index contributed by atoms with van der Waals surface area (Å²) in [5, 5.41) is 3.11. The predicted molar refractivity (Wildman–Crippen MR) is 54.3 cm³/mol. The van der Waals surface area contributed by atoms with Crippen LogP contribution in [0.1, 0.15) is 0 Å². The second-order valence-electron chi connectivity index (χ2n) is 2.33. The molecular weight excluding hydrogens is 188 g/mol. The highest BCUT2D eigenvalue weighted by molar-refractivity contribution is 6.25. The molecule has 13 heavy (non-hydrogen) atoms. The summed E-state index contributed by atoms with van der Waals surface area (Å²) in [6, 6.07) is 3.70. The maximum atomic E-state index is 5.36. The van der Waals surface area contributed by atoms with E-state index in [1.165, 1.54) is 5.54 Å². The van der Waals surface area contributed by atoms with Crippen molar-refractivity contribution < 1.29 is 4.74 Å². The van der Waals surface area contributed by atoms with Gasteiger partial charge in [0.1, 0.15) is 0 Å². The zero-order valence-corrected chi connectivity index (χ0v) is 8.08. The van der Waals surface area contributed by atoms with Crippen molar-refractivity contribution in [3.63, 3.8) is 0 Å². The normalized spacial score (nSPS) is 10.3. The first-order valence-corrected chi connectivity index (χ1v) is 4.29. The van der Waals surface area contributed by atoms with E-state index in [-0.39, 0.29) is 0 Å². The Morgan fingerprint density at radius 2 is 2.46 bits per heavy atom. The van der Waals surface area contributed by atoms with Crippen LogP contribution in [0.2, 0.25) is 0 Å². The molecule has 0 aliphatic heterocycles. The maximum absolute atomic E-state index is 5.36. The molecule has 0 fully saturated rings. The molecule has 4 heteroatoms. The molecule has 0 radical (unpaired) electrons. The fraction of sp³-hybridized carbons (Fsp3) is 0.222. The van der Waals surface area contributed by atoms with Crippen LogP contribution in [0.3, 0.4) is 0 Å². The topological polar surface area (TPSA) is 34.1 Å². The van der Waals surface area contributed by atoms with E-state index < -0.39 is 0 Å². The molecule has 0 atom stereocenters. The second-order valence-corrected chi connectivity index (χ2v) is 2.58. The summed E-state index contributed by atoms with van der Waals surface area (Å²) < 4.78 is 4.92. The summed E-state index contributed by atoms with van der Waals surface area (Å²) in [5.41, 5.74) is 2.42. The lowest BCUT2D eigenvalue weighted by atomic mass is 10.4. The Balaban J connectivity index is 2.49. The number of methoxy groups -OCH3 is 1. The minimum absolute atomic E-state index is 0.610. The molecule has 1 heterocycles. The lowest BCUT2D eigenvalue weighted by Gasteiger charge is -2.03. The smallest absolute Gasteiger partial charge is 0.213 e. The number of ether oxygens (including phenoxy) is 1. The number of nitrogens with zero attached hydrogens (tertiary/aromatic N) is 1. The van der Waals surface area contributed by atoms with Gasteiger partial charge in [0.2, 0.25) is 5.88 Å². The van der Waals surface area contributed by atoms with Gasteiger partial charge in [0, 0.05) is 18.1 Å². The Bertz CT molecular complexity index is 271. The van der Waals surface area contributed by atoms with Crippen molar-refractivity contribution in [2.75, 3.05) is 19.0 Å². The number of aromatic nitrogens is 1. The van der Waals surface area contributed by atoms with Crippen LogP contribution in [0.15, 0.2) is 29.9 Å². The fourth-order valence-electron chi connectivity index (χ4n) is 0.827. The van der Waals surface area contributed by atoms with Crippen molar-refractivity contribution >= 4 is 17.3 Å². The molecule has 0 aromatic carbocycles. The number of pyridine rings is 1. The molecule has 0 saturated heterocycles. The van der Waals surface area contributed by atoms with Crippen molar-refractivity contribution in [1.82, 2.24) is 4.98 Å². The van der Waals surface area contributed by atoms with Crippen LogP contribution in [0.5, 0.6) is 5.88 Å². The van der Waals surface area contributed by atoms with E-state index in [1.807, 2.05) is 12.1 Å². The van der Waals surface area contributed by atoms with E-state index in [2.05, 4.69) is 10.3 Å². The average Bonchev–Trinajstić information content (AvgIpc) is 2.19. The van der Waals surface area contributed by atoms with Crippen molar-refractivity contribution in [2.45, 2.75) is 0 Å². The zero-order chi connectivity index (χ0) is 9.52. The quantitative estimate of drug-likeness (QED) is 0.806. The predicted octanol–water partition coefficient (Wildman–Crippen LogP) is 2.25. The molecule has 0 aliphatic carbocycles. The first-order chi connectivity index (χ1) is 6.36. The summed E-state index contributed by atoms with van der Waals surface area (Å²) in [7, 11) is 1.59. The van der Waals surface area contributed by atoms with Crippen LogP contribution in [-0.2, 0) is 0 Å². The standard InChI is InChI=1S/C9H11ClN2O/c1-13-9-4-3-8(7-12-9)11-6-2-5-10/h2-5,7,11H,6H2,1H3/b5-2+. The lowest BCUT2D eigenvalue weighted by Crippen LogP contribution is -1.98. The molecule has 0 bridgehead atoms. The molecule has 1 aromatic rings. The van der Waals surface area contributed by atoms with E-state index in [4.69, 9.17) is 16.3 Å². The molecule has 3 nitrogen and oxygen atoms in total. The minimum atomic E-state index is 0.610. The largest absolute Gasteiger partial charge is 0.481 e. The number of hydrogen-bond donors (Lipinski definition) is 1. The summed E-state index contributed by atoms with van der Waals surface area (Å²) >= 11 is 5.36. The first-order valence-electron chi connectivity index (χ1n) is 3.86. The third kappa shape index (κ3) is 3.34. The van der Waals surface area contributed by atoms with Crippen LogP contribution in [0, 0.1) is 0 Å². The van der Waals surface area contributed by atoms with Crippen LogP contribution in [0.25, 0.3) is 0 Å². The highest BCUT2D eigenvalue weighted by Gasteiger charge is 1.92. The number of nitrogens with one attached hydrogen (secondary N) is 1. The van der Waals surface area contributed by atoms with E-state index in [0.717, 1.165) is 5.69 Å². The van der Waals surface area contributed by atoms with E-state index in [0.29, 0.717) is 12.4 Å². The van der Waals surface area contributed by atoms with E-state index >= 15 is 0 Å². The molecule has 0 aliphatic rings. The molecule has 70 valence electrons. The molecule has 1 N–H and O–H groups in total. The van der Waals surface area contributed by atoms with Gasteiger partial charge in [-0.05, 0) is 6.07 Å². The molecular formula is C9H11ClN2O. The minimum Gasteiger partial charge on any atom is -0.481 e. The van der Waals surface area contributed by atoms with Gasteiger partial charge in [-0.1, -0.05) is 17.7 Å². The Hall–Kier alpha value is -1.22. The van der Waals surface area contributed by atoms with Crippen molar-refractivity contribution in [3.8, 4) is 5.88 Å². The Labute approximate surface area is 82.4 Å². The SMILES string of the molecule is COc1ccc(NC/C=C/Cl)cn1. The second kappa shape index (κ2) is 5.43. The molecule has 1 aromatic heterocycles. The number of hydrogen-bond acceptors (Lipinski definition) is 3. The van der Waals surface area contributed by atoms with Gasteiger partial charge >= 0.3 is 0 Å². The molecule has 0 saturated carbocycles. The summed E-state index contributed by atoms with van der Waals surface area (Å²) in [4.78, 5) is 4.03. The highest BCUT2D eigenvalue weighted by atomic mass is 35.5. The summed E-state index contributed by atoms with van der Waals surface area (Å²) in [5.74, 6) is 0.610. The Kier molecular flexibility index (Phi) is 4.12. The third-order valence-corrected chi connectivity index (χ3v) is 1.64. The number of anilines is 1. The van der Waals surface area contributed by atoms with Crippen LogP contribution in [0.4, 0.5) is 5.69 Å². The molecule has 0 amide bonds. The Morgan fingerprint density at radius 1 is 1.62 bits per heavy atom. The summed E-state index contributed by atoms with van der Waals surface area (Å²) in [6.07, 6.45) is 3.52. The summed E-state index contributed by atoms with van der Waals surface area (Å²) in [6.45, 7) is 0.692. The van der Waals surface area contributed by atoms with Gasteiger partial charge in [-0.25, -0.2) is 4.98 Å². The van der Waals surface area contributed by atoms with Gasteiger partial charge in [0.15, 0.2) is 0 Å².